The van der Waals surface area contributed by atoms with E-state index >= 15 is 0 Å². The van der Waals surface area contributed by atoms with E-state index in [9.17, 15) is 0 Å². The normalized spacial score (nSPS) is 9.50. The van der Waals surface area contributed by atoms with Crippen molar-refractivity contribution >= 4 is 11.5 Å². The number of anilines is 1. The van der Waals surface area contributed by atoms with Crippen LogP contribution in [0.4, 0.5) is 5.82 Å². The second-order valence-electron chi connectivity index (χ2n) is 2.55. The number of aromatic nitrogens is 1. The van der Waals surface area contributed by atoms with Crippen molar-refractivity contribution in [2.45, 2.75) is 13.8 Å². The zero-order valence-electron chi connectivity index (χ0n) is 7.39. The van der Waals surface area contributed by atoms with Crippen LogP contribution in [0.25, 0.3) is 0 Å². The minimum atomic E-state index is 0.541. The van der Waals surface area contributed by atoms with Crippen LogP contribution in [0.3, 0.4) is 0 Å². The molecule has 1 heterocycles. The zero-order chi connectivity index (χ0) is 8.97. The molecule has 3 nitrogen and oxygen atoms in total. The van der Waals surface area contributed by atoms with Crippen molar-refractivity contribution in [3.63, 3.8) is 0 Å². The highest BCUT2D eigenvalue weighted by atomic mass is 15.0. The van der Waals surface area contributed by atoms with Gasteiger partial charge in [-0.05, 0) is 26.0 Å². The molecular formula is C9H13N3. The van der Waals surface area contributed by atoms with Gasteiger partial charge in [0.2, 0.25) is 0 Å². The van der Waals surface area contributed by atoms with Crippen molar-refractivity contribution in [3.8, 4) is 0 Å². The van der Waals surface area contributed by atoms with Gasteiger partial charge in [0.1, 0.15) is 5.82 Å². The van der Waals surface area contributed by atoms with Crippen molar-refractivity contribution in [1.29, 1.82) is 5.41 Å². The van der Waals surface area contributed by atoms with E-state index in [1.54, 1.807) is 13.1 Å². The van der Waals surface area contributed by atoms with E-state index in [4.69, 9.17) is 5.41 Å². The van der Waals surface area contributed by atoms with Gasteiger partial charge >= 0.3 is 0 Å². The van der Waals surface area contributed by atoms with Crippen molar-refractivity contribution in [1.82, 2.24) is 4.98 Å². The fourth-order valence-corrected chi connectivity index (χ4v) is 1.02. The van der Waals surface area contributed by atoms with Crippen molar-refractivity contribution in [2.24, 2.45) is 0 Å². The van der Waals surface area contributed by atoms with Gasteiger partial charge in [0.05, 0.1) is 0 Å². The standard InChI is InChI=1S/C9H13N3/c1-3-11-9-8(7(2)10)5-4-6-12-9/h4-6,10H,3H2,1-2H3,(H,11,12). The third kappa shape index (κ3) is 1.81. The van der Waals surface area contributed by atoms with E-state index in [0.717, 1.165) is 17.9 Å². The van der Waals surface area contributed by atoms with Gasteiger partial charge in [0, 0.05) is 24.0 Å². The molecule has 0 saturated heterocycles. The number of pyridine rings is 1. The first kappa shape index (κ1) is 8.71. The summed E-state index contributed by atoms with van der Waals surface area (Å²) in [5.74, 6) is 0.799. The summed E-state index contributed by atoms with van der Waals surface area (Å²) >= 11 is 0. The number of hydrogen-bond donors (Lipinski definition) is 2. The SMILES string of the molecule is CCNc1ncccc1C(C)=N. The lowest BCUT2D eigenvalue weighted by atomic mass is 10.2. The molecule has 1 aromatic heterocycles. The molecule has 0 saturated carbocycles. The van der Waals surface area contributed by atoms with E-state index in [0.29, 0.717) is 5.71 Å². The fraction of sp³-hybridized carbons (Fsp3) is 0.333. The van der Waals surface area contributed by atoms with Gasteiger partial charge in [-0.15, -0.1) is 0 Å². The average Bonchev–Trinajstić information content (AvgIpc) is 2.05. The molecule has 0 spiro atoms. The molecule has 12 heavy (non-hydrogen) atoms. The van der Waals surface area contributed by atoms with E-state index in [-0.39, 0.29) is 0 Å². The predicted molar refractivity (Wildman–Crippen MR) is 50.9 cm³/mol. The fourth-order valence-electron chi connectivity index (χ4n) is 1.02. The van der Waals surface area contributed by atoms with Crippen LogP contribution in [0, 0.1) is 5.41 Å². The Morgan fingerprint density at radius 3 is 3.00 bits per heavy atom. The van der Waals surface area contributed by atoms with Gasteiger partial charge in [-0.1, -0.05) is 0 Å². The van der Waals surface area contributed by atoms with E-state index in [1.807, 2.05) is 19.1 Å². The van der Waals surface area contributed by atoms with Gasteiger partial charge < -0.3 is 10.7 Å². The van der Waals surface area contributed by atoms with Crippen LogP contribution in [-0.4, -0.2) is 17.2 Å². The number of hydrogen-bond acceptors (Lipinski definition) is 3. The molecule has 0 aliphatic rings. The molecule has 0 radical (unpaired) electrons. The summed E-state index contributed by atoms with van der Waals surface area (Å²) in [5.41, 5.74) is 1.42. The molecule has 0 unspecified atom stereocenters. The highest BCUT2D eigenvalue weighted by molar-refractivity contribution is 6.00. The highest BCUT2D eigenvalue weighted by Gasteiger charge is 2.02. The molecule has 0 aliphatic carbocycles. The number of rotatable bonds is 3. The van der Waals surface area contributed by atoms with E-state index < -0.39 is 0 Å². The third-order valence-electron chi connectivity index (χ3n) is 1.56. The molecule has 0 aromatic carbocycles. The Hall–Kier alpha value is -1.38. The first-order valence-electron chi connectivity index (χ1n) is 4.00. The molecule has 0 atom stereocenters. The molecule has 0 amide bonds. The van der Waals surface area contributed by atoms with Crippen molar-refractivity contribution < 1.29 is 0 Å². The average molecular weight is 163 g/mol. The smallest absolute Gasteiger partial charge is 0.135 e. The molecule has 64 valence electrons. The minimum Gasteiger partial charge on any atom is -0.370 e. The summed E-state index contributed by atoms with van der Waals surface area (Å²) in [6.07, 6.45) is 1.73. The van der Waals surface area contributed by atoms with Crippen molar-refractivity contribution in [2.75, 3.05) is 11.9 Å². The van der Waals surface area contributed by atoms with E-state index in [2.05, 4.69) is 10.3 Å². The Kier molecular flexibility index (Phi) is 2.80. The van der Waals surface area contributed by atoms with Crippen LogP contribution in [0.5, 0.6) is 0 Å². The van der Waals surface area contributed by atoms with Gasteiger partial charge in [-0.3, -0.25) is 0 Å². The summed E-state index contributed by atoms with van der Waals surface area (Å²) in [6.45, 7) is 4.60. The second kappa shape index (κ2) is 3.85. The molecule has 1 rings (SSSR count). The summed E-state index contributed by atoms with van der Waals surface area (Å²) in [4.78, 5) is 4.14. The van der Waals surface area contributed by atoms with Crippen molar-refractivity contribution in [3.05, 3.63) is 23.9 Å². The van der Waals surface area contributed by atoms with Crippen LogP contribution in [0.1, 0.15) is 19.4 Å². The maximum Gasteiger partial charge on any atom is 0.135 e. The molecule has 0 fully saturated rings. The Balaban J connectivity index is 3.00. The topological polar surface area (TPSA) is 48.8 Å². The van der Waals surface area contributed by atoms with Crippen LogP contribution >= 0.6 is 0 Å². The maximum absolute atomic E-state index is 7.47. The van der Waals surface area contributed by atoms with Gasteiger partial charge in [-0.2, -0.15) is 0 Å². The van der Waals surface area contributed by atoms with Gasteiger partial charge in [-0.25, -0.2) is 4.98 Å². The predicted octanol–water partition coefficient (Wildman–Crippen LogP) is 1.90. The monoisotopic (exact) mass is 163 g/mol. The van der Waals surface area contributed by atoms with Gasteiger partial charge in [0.25, 0.3) is 0 Å². The summed E-state index contributed by atoms with van der Waals surface area (Å²) in [5, 5.41) is 10.6. The Bertz CT molecular complexity index is 281. The van der Waals surface area contributed by atoms with Crippen LogP contribution in [0.2, 0.25) is 0 Å². The lowest BCUT2D eigenvalue weighted by Crippen LogP contribution is -2.05. The highest BCUT2D eigenvalue weighted by Crippen LogP contribution is 2.10. The number of nitrogens with zero attached hydrogens (tertiary/aromatic N) is 1. The quantitative estimate of drug-likeness (QED) is 0.668. The molecular weight excluding hydrogens is 150 g/mol. The zero-order valence-corrected chi connectivity index (χ0v) is 7.39. The van der Waals surface area contributed by atoms with E-state index in [1.165, 1.54) is 0 Å². The Morgan fingerprint density at radius 2 is 2.42 bits per heavy atom. The minimum absolute atomic E-state index is 0.541. The molecule has 0 bridgehead atoms. The largest absolute Gasteiger partial charge is 0.370 e. The molecule has 1 aromatic rings. The molecule has 0 aliphatic heterocycles. The Morgan fingerprint density at radius 1 is 1.67 bits per heavy atom. The summed E-state index contributed by atoms with van der Waals surface area (Å²) in [7, 11) is 0. The number of nitrogens with one attached hydrogen (secondary N) is 2. The molecule has 2 N–H and O–H groups in total. The van der Waals surface area contributed by atoms with Crippen LogP contribution in [0.15, 0.2) is 18.3 Å². The Labute approximate surface area is 72.3 Å². The first-order chi connectivity index (χ1) is 5.75. The first-order valence-corrected chi connectivity index (χ1v) is 4.00. The van der Waals surface area contributed by atoms with Crippen LogP contribution < -0.4 is 5.32 Å². The molecule has 3 heteroatoms. The maximum atomic E-state index is 7.47. The van der Waals surface area contributed by atoms with Gasteiger partial charge in [0.15, 0.2) is 0 Å². The summed E-state index contributed by atoms with van der Waals surface area (Å²) in [6, 6.07) is 3.74. The third-order valence-corrected chi connectivity index (χ3v) is 1.56. The van der Waals surface area contributed by atoms with Crippen LogP contribution in [-0.2, 0) is 0 Å². The summed E-state index contributed by atoms with van der Waals surface area (Å²) < 4.78 is 0. The second-order valence-corrected chi connectivity index (χ2v) is 2.55. The lowest BCUT2D eigenvalue weighted by molar-refractivity contribution is 1.15. The lowest BCUT2D eigenvalue weighted by Gasteiger charge is -2.06.